The normalized spacial score (nSPS) is 14.4. The summed E-state index contributed by atoms with van der Waals surface area (Å²) in [7, 11) is 0. The number of benzene rings is 1. The van der Waals surface area contributed by atoms with E-state index < -0.39 is 5.76 Å². The van der Waals surface area contributed by atoms with Gasteiger partial charge in [-0.05, 0) is 24.6 Å². The number of thiazole rings is 1. The summed E-state index contributed by atoms with van der Waals surface area (Å²) in [6.45, 7) is 0.681. The first-order valence-corrected chi connectivity index (χ1v) is 8.64. The van der Waals surface area contributed by atoms with Crippen LogP contribution in [0.2, 0.25) is 0 Å². The Labute approximate surface area is 145 Å². The second-order valence-corrected chi connectivity index (χ2v) is 6.56. The van der Waals surface area contributed by atoms with E-state index in [0.29, 0.717) is 40.6 Å². The summed E-state index contributed by atoms with van der Waals surface area (Å²) in [5.41, 5.74) is 2.13. The van der Waals surface area contributed by atoms with E-state index in [2.05, 4.69) is 15.3 Å². The molecule has 1 fully saturated rings. The molecule has 0 aliphatic carbocycles. The summed E-state index contributed by atoms with van der Waals surface area (Å²) < 4.78 is 4.92. The number of nitrogens with zero attached hydrogens (tertiary/aromatic N) is 2. The number of carbonyl (C=O) groups excluding carboxylic acids is 2. The molecule has 1 aliphatic rings. The van der Waals surface area contributed by atoms with E-state index in [9.17, 15) is 14.4 Å². The summed E-state index contributed by atoms with van der Waals surface area (Å²) in [5, 5.41) is 5.19. The van der Waals surface area contributed by atoms with E-state index in [4.69, 9.17) is 4.42 Å². The minimum absolute atomic E-state index is 0.0766. The van der Waals surface area contributed by atoms with E-state index in [0.717, 1.165) is 6.42 Å². The van der Waals surface area contributed by atoms with E-state index >= 15 is 0 Å². The first-order valence-electron chi connectivity index (χ1n) is 7.76. The third-order valence-electron chi connectivity index (χ3n) is 3.89. The molecular formula is C16H14N4O4S. The van der Waals surface area contributed by atoms with Crippen LogP contribution in [0.25, 0.3) is 11.1 Å². The minimum atomic E-state index is -0.537. The first kappa shape index (κ1) is 15.6. The van der Waals surface area contributed by atoms with Gasteiger partial charge in [0.1, 0.15) is 0 Å². The highest BCUT2D eigenvalue weighted by atomic mass is 32.1. The Kier molecular flexibility index (Phi) is 3.85. The second-order valence-electron chi connectivity index (χ2n) is 5.72. The Morgan fingerprint density at radius 2 is 2.28 bits per heavy atom. The molecule has 3 aromatic rings. The summed E-state index contributed by atoms with van der Waals surface area (Å²) in [4.78, 5) is 43.7. The van der Waals surface area contributed by atoms with E-state index in [1.807, 2.05) is 0 Å². The van der Waals surface area contributed by atoms with Gasteiger partial charge in [-0.15, -0.1) is 11.3 Å². The first-order chi connectivity index (χ1) is 12.1. The third kappa shape index (κ3) is 3.18. The lowest BCUT2D eigenvalue weighted by atomic mass is 10.2. The summed E-state index contributed by atoms with van der Waals surface area (Å²) in [5.74, 6) is -0.688. The fourth-order valence-electron chi connectivity index (χ4n) is 2.75. The lowest BCUT2D eigenvalue weighted by Crippen LogP contribution is -2.23. The SMILES string of the molecule is O=C(Cc1csc(N2CCCC2=O)n1)Nc1ccc2oc(=O)[nH]c2c1. The number of aromatic amines is 1. The zero-order valence-electron chi connectivity index (χ0n) is 13.1. The van der Waals surface area contributed by atoms with Gasteiger partial charge in [0.25, 0.3) is 0 Å². The average Bonchev–Trinajstić information content (AvgIpc) is 3.26. The molecule has 8 nitrogen and oxygen atoms in total. The maximum atomic E-state index is 12.2. The quantitative estimate of drug-likeness (QED) is 0.740. The number of hydrogen-bond acceptors (Lipinski definition) is 6. The molecule has 1 aliphatic heterocycles. The van der Waals surface area contributed by atoms with Crippen LogP contribution in [0.4, 0.5) is 10.8 Å². The average molecular weight is 358 g/mol. The molecule has 0 bridgehead atoms. The maximum absolute atomic E-state index is 12.2. The Morgan fingerprint density at radius 1 is 1.40 bits per heavy atom. The van der Waals surface area contributed by atoms with Gasteiger partial charge in [-0.25, -0.2) is 9.78 Å². The van der Waals surface area contributed by atoms with Gasteiger partial charge in [0.15, 0.2) is 10.7 Å². The molecule has 2 N–H and O–H groups in total. The number of anilines is 2. The van der Waals surface area contributed by atoms with Crippen molar-refractivity contribution in [1.29, 1.82) is 0 Å². The molecule has 0 atom stereocenters. The summed E-state index contributed by atoms with van der Waals surface area (Å²) in [6, 6.07) is 4.91. The van der Waals surface area contributed by atoms with Crippen molar-refractivity contribution >= 4 is 45.1 Å². The molecule has 4 rings (SSSR count). The number of H-pyrrole nitrogens is 1. The molecule has 0 saturated carbocycles. The van der Waals surface area contributed by atoms with Gasteiger partial charge in [-0.2, -0.15) is 0 Å². The van der Waals surface area contributed by atoms with Crippen LogP contribution in [0.5, 0.6) is 0 Å². The fourth-order valence-corrected chi connectivity index (χ4v) is 3.62. The van der Waals surface area contributed by atoms with Crippen molar-refractivity contribution < 1.29 is 14.0 Å². The molecule has 2 amide bonds. The lowest BCUT2D eigenvalue weighted by molar-refractivity contribution is -0.117. The molecule has 0 unspecified atom stereocenters. The van der Waals surface area contributed by atoms with Crippen LogP contribution in [-0.2, 0) is 16.0 Å². The summed E-state index contributed by atoms with van der Waals surface area (Å²) >= 11 is 1.37. The third-order valence-corrected chi connectivity index (χ3v) is 4.80. The summed E-state index contributed by atoms with van der Waals surface area (Å²) in [6.07, 6.45) is 1.50. The van der Waals surface area contributed by atoms with Crippen LogP contribution in [-0.4, -0.2) is 28.3 Å². The Balaban J connectivity index is 1.43. The van der Waals surface area contributed by atoms with Crippen molar-refractivity contribution in [2.75, 3.05) is 16.8 Å². The predicted molar refractivity (Wildman–Crippen MR) is 92.9 cm³/mol. The number of hydrogen-bond donors (Lipinski definition) is 2. The van der Waals surface area contributed by atoms with Gasteiger partial charge in [-0.1, -0.05) is 0 Å². The number of oxazole rings is 1. The van der Waals surface area contributed by atoms with Gasteiger partial charge < -0.3 is 9.73 Å². The van der Waals surface area contributed by atoms with Crippen LogP contribution < -0.4 is 16.0 Å². The zero-order chi connectivity index (χ0) is 17.4. The molecular weight excluding hydrogens is 344 g/mol. The van der Waals surface area contributed by atoms with Crippen LogP contribution in [0.15, 0.2) is 32.8 Å². The van der Waals surface area contributed by atoms with Gasteiger partial charge in [0.2, 0.25) is 11.8 Å². The molecule has 0 spiro atoms. The van der Waals surface area contributed by atoms with Gasteiger partial charge in [0.05, 0.1) is 17.6 Å². The Morgan fingerprint density at radius 3 is 3.08 bits per heavy atom. The number of fused-ring (bicyclic) bond motifs is 1. The van der Waals surface area contributed by atoms with Gasteiger partial charge in [0, 0.05) is 24.0 Å². The number of rotatable bonds is 4. The van der Waals surface area contributed by atoms with Gasteiger partial charge >= 0.3 is 5.76 Å². The monoisotopic (exact) mass is 358 g/mol. The number of amides is 2. The van der Waals surface area contributed by atoms with Crippen molar-refractivity contribution in [3.05, 3.63) is 39.8 Å². The smallest absolute Gasteiger partial charge is 0.408 e. The molecule has 0 radical (unpaired) electrons. The minimum Gasteiger partial charge on any atom is -0.408 e. The van der Waals surface area contributed by atoms with E-state index in [1.165, 1.54) is 11.3 Å². The molecule has 2 aromatic heterocycles. The highest BCUT2D eigenvalue weighted by molar-refractivity contribution is 7.14. The van der Waals surface area contributed by atoms with Crippen molar-refractivity contribution in [2.24, 2.45) is 0 Å². The molecule has 1 aromatic carbocycles. The van der Waals surface area contributed by atoms with Crippen LogP contribution in [0.3, 0.4) is 0 Å². The Hall–Kier alpha value is -2.94. The van der Waals surface area contributed by atoms with Crippen LogP contribution >= 0.6 is 11.3 Å². The highest BCUT2D eigenvalue weighted by Gasteiger charge is 2.24. The molecule has 128 valence electrons. The molecule has 25 heavy (non-hydrogen) atoms. The number of aromatic nitrogens is 2. The van der Waals surface area contributed by atoms with Crippen molar-refractivity contribution in [1.82, 2.24) is 9.97 Å². The number of carbonyl (C=O) groups is 2. The van der Waals surface area contributed by atoms with Gasteiger partial charge in [-0.3, -0.25) is 19.5 Å². The highest BCUT2D eigenvalue weighted by Crippen LogP contribution is 2.25. The fraction of sp³-hybridized carbons (Fsp3) is 0.250. The van der Waals surface area contributed by atoms with Crippen molar-refractivity contribution in [2.45, 2.75) is 19.3 Å². The molecule has 9 heteroatoms. The topological polar surface area (TPSA) is 108 Å². The van der Waals surface area contributed by atoms with E-state index in [1.54, 1.807) is 28.5 Å². The maximum Gasteiger partial charge on any atom is 0.417 e. The second kappa shape index (κ2) is 6.17. The van der Waals surface area contributed by atoms with Crippen LogP contribution in [0.1, 0.15) is 18.5 Å². The lowest BCUT2D eigenvalue weighted by Gasteiger charge is -2.10. The standard InChI is InChI=1S/C16H14N4O4S/c21-13(17-9-3-4-12-11(6-9)19-16(23)24-12)7-10-8-25-15(18-10)20-5-1-2-14(20)22/h3-4,6,8H,1-2,5,7H2,(H,17,21)(H,19,23). The molecule has 1 saturated heterocycles. The molecule has 3 heterocycles. The zero-order valence-corrected chi connectivity index (χ0v) is 13.9. The largest absolute Gasteiger partial charge is 0.417 e. The van der Waals surface area contributed by atoms with Crippen molar-refractivity contribution in [3.63, 3.8) is 0 Å². The number of nitrogens with one attached hydrogen (secondary N) is 2. The van der Waals surface area contributed by atoms with Crippen molar-refractivity contribution in [3.8, 4) is 0 Å². The van der Waals surface area contributed by atoms with E-state index in [-0.39, 0.29) is 18.2 Å². The van der Waals surface area contributed by atoms with Crippen LogP contribution in [0, 0.1) is 0 Å². The predicted octanol–water partition coefficient (Wildman–Crippen LogP) is 1.89. The Bertz CT molecular complexity index is 1020.